The van der Waals surface area contributed by atoms with Crippen LogP contribution in [-0.2, 0) is 0 Å². The number of nitrogens with two attached hydrogens (primary N) is 1. The van der Waals surface area contributed by atoms with Gasteiger partial charge in [0.05, 0.1) is 0 Å². The Bertz CT molecular complexity index is 297. The molecule has 3 unspecified atom stereocenters. The molecule has 4 saturated heterocycles. The van der Waals surface area contributed by atoms with Gasteiger partial charge in [-0.2, -0.15) is 0 Å². The van der Waals surface area contributed by atoms with E-state index >= 15 is 0 Å². The molecule has 17 heavy (non-hydrogen) atoms. The first-order valence-corrected chi connectivity index (χ1v) is 7.14. The van der Waals surface area contributed by atoms with E-state index in [0.29, 0.717) is 16.9 Å². The predicted molar refractivity (Wildman–Crippen MR) is 70.9 cm³/mol. The van der Waals surface area contributed by atoms with E-state index in [0.717, 1.165) is 5.92 Å². The van der Waals surface area contributed by atoms with E-state index in [-0.39, 0.29) is 0 Å². The topological polar surface area (TPSA) is 32.5 Å². The molecule has 0 radical (unpaired) electrons. The molecule has 3 nitrogen and oxygen atoms in total. The van der Waals surface area contributed by atoms with Crippen LogP contribution < -0.4 is 5.73 Å². The third-order valence-electron chi connectivity index (χ3n) is 5.20. The maximum absolute atomic E-state index is 6.70. The number of piperidine rings is 2. The summed E-state index contributed by atoms with van der Waals surface area (Å²) in [5.74, 6) is 0.753. The third-order valence-corrected chi connectivity index (χ3v) is 5.20. The fourth-order valence-corrected chi connectivity index (χ4v) is 4.92. The van der Waals surface area contributed by atoms with Gasteiger partial charge in [-0.1, -0.05) is 20.8 Å². The fourth-order valence-electron chi connectivity index (χ4n) is 4.92. The Morgan fingerprint density at radius 1 is 1.12 bits per heavy atom. The SMILES string of the molecule is CC(C)CC12CN3CCN(CC(C)(C3)C1N)C2. The van der Waals surface area contributed by atoms with Crippen LogP contribution >= 0.6 is 0 Å². The van der Waals surface area contributed by atoms with Crippen LogP contribution in [0.15, 0.2) is 0 Å². The fraction of sp³-hybridized carbons (Fsp3) is 1.00. The van der Waals surface area contributed by atoms with Crippen LogP contribution in [-0.4, -0.2) is 55.1 Å². The van der Waals surface area contributed by atoms with Gasteiger partial charge in [0.2, 0.25) is 0 Å². The molecule has 0 saturated carbocycles. The van der Waals surface area contributed by atoms with Crippen LogP contribution in [0, 0.1) is 16.7 Å². The minimum Gasteiger partial charge on any atom is -0.327 e. The van der Waals surface area contributed by atoms with Crippen molar-refractivity contribution in [1.29, 1.82) is 0 Å². The Morgan fingerprint density at radius 3 is 2.12 bits per heavy atom. The van der Waals surface area contributed by atoms with Crippen LogP contribution in [0.3, 0.4) is 0 Å². The average molecular weight is 237 g/mol. The van der Waals surface area contributed by atoms with Crippen molar-refractivity contribution in [1.82, 2.24) is 9.80 Å². The number of fused-ring (bicyclic) bond motifs is 1. The Morgan fingerprint density at radius 2 is 1.65 bits per heavy atom. The third kappa shape index (κ3) is 1.74. The van der Waals surface area contributed by atoms with E-state index in [1.165, 1.54) is 45.7 Å². The molecule has 98 valence electrons. The maximum Gasteiger partial charge on any atom is 0.0199 e. The molecule has 4 heterocycles. The normalized spacial score (nSPS) is 53.1. The van der Waals surface area contributed by atoms with Crippen molar-refractivity contribution in [2.45, 2.75) is 33.2 Å². The average Bonchev–Trinajstić information content (AvgIpc) is 2.40. The van der Waals surface area contributed by atoms with Crippen LogP contribution in [0.25, 0.3) is 0 Å². The lowest BCUT2D eigenvalue weighted by molar-refractivity contribution is -0.0785. The Balaban J connectivity index is 1.97. The highest BCUT2D eigenvalue weighted by atomic mass is 15.3. The molecule has 4 bridgehead atoms. The van der Waals surface area contributed by atoms with Gasteiger partial charge < -0.3 is 15.5 Å². The van der Waals surface area contributed by atoms with E-state index < -0.39 is 0 Å². The standard InChI is InChI=1S/C14H27N3/c1-11(2)6-14-9-16-4-5-17(10-14)8-13(3,7-16)12(14)15/h11-12H,4-10,15H2,1-3H3. The van der Waals surface area contributed by atoms with Crippen molar-refractivity contribution in [3.05, 3.63) is 0 Å². The highest BCUT2D eigenvalue weighted by Gasteiger charge is 2.57. The molecule has 4 fully saturated rings. The van der Waals surface area contributed by atoms with Crippen LogP contribution in [0.4, 0.5) is 0 Å². The Labute approximate surface area is 105 Å². The van der Waals surface area contributed by atoms with E-state index in [2.05, 4.69) is 30.6 Å². The van der Waals surface area contributed by atoms with E-state index in [4.69, 9.17) is 5.73 Å². The summed E-state index contributed by atoms with van der Waals surface area (Å²) in [6.07, 6.45) is 1.29. The zero-order valence-corrected chi connectivity index (χ0v) is 11.6. The summed E-state index contributed by atoms with van der Waals surface area (Å²) in [7, 11) is 0. The quantitative estimate of drug-likeness (QED) is 0.777. The molecule has 3 atom stereocenters. The van der Waals surface area contributed by atoms with Crippen molar-refractivity contribution >= 4 is 0 Å². The van der Waals surface area contributed by atoms with E-state index in [9.17, 15) is 0 Å². The molecule has 0 amide bonds. The predicted octanol–water partition coefficient (Wildman–Crippen LogP) is 0.997. The summed E-state index contributed by atoms with van der Waals surface area (Å²) in [4.78, 5) is 5.36. The maximum atomic E-state index is 6.70. The van der Waals surface area contributed by atoms with Crippen molar-refractivity contribution in [2.75, 3.05) is 39.3 Å². The Kier molecular flexibility index (Phi) is 2.59. The van der Waals surface area contributed by atoms with Crippen molar-refractivity contribution in [3.8, 4) is 0 Å². The number of hydrogen-bond acceptors (Lipinski definition) is 3. The zero-order valence-electron chi connectivity index (χ0n) is 11.6. The minimum atomic E-state index is 0.321. The largest absolute Gasteiger partial charge is 0.327 e. The van der Waals surface area contributed by atoms with E-state index in [1.54, 1.807) is 0 Å². The first kappa shape index (κ1) is 11.9. The summed E-state index contributed by atoms with van der Waals surface area (Å²) >= 11 is 0. The summed E-state index contributed by atoms with van der Waals surface area (Å²) in [6, 6.07) is 0.392. The lowest BCUT2D eigenvalue weighted by atomic mass is 9.59. The molecule has 0 aromatic carbocycles. The Hall–Kier alpha value is -0.120. The molecule has 4 rings (SSSR count). The molecular weight excluding hydrogens is 210 g/mol. The molecule has 4 aliphatic heterocycles. The summed E-state index contributed by atoms with van der Waals surface area (Å²) < 4.78 is 0. The first-order chi connectivity index (χ1) is 7.93. The van der Waals surface area contributed by atoms with Gasteiger partial charge in [0, 0.05) is 56.1 Å². The van der Waals surface area contributed by atoms with Gasteiger partial charge in [0.1, 0.15) is 0 Å². The molecular formula is C14H27N3. The van der Waals surface area contributed by atoms with E-state index in [1.807, 2.05) is 0 Å². The smallest absolute Gasteiger partial charge is 0.0199 e. The van der Waals surface area contributed by atoms with Crippen LogP contribution in [0.1, 0.15) is 27.2 Å². The minimum absolute atomic E-state index is 0.321. The second-order valence-electron chi connectivity index (χ2n) is 7.51. The van der Waals surface area contributed by atoms with Gasteiger partial charge in [0.15, 0.2) is 0 Å². The molecule has 0 aromatic rings. The summed E-state index contributed by atoms with van der Waals surface area (Å²) in [5.41, 5.74) is 7.38. The molecule has 2 N–H and O–H groups in total. The van der Waals surface area contributed by atoms with Gasteiger partial charge in [-0.15, -0.1) is 0 Å². The van der Waals surface area contributed by atoms with Crippen molar-refractivity contribution < 1.29 is 0 Å². The second kappa shape index (κ2) is 3.69. The number of nitrogens with zero attached hydrogens (tertiary/aromatic N) is 2. The summed E-state index contributed by atoms with van der Waals surface area (Å²) in [6.45, 7) is 14.5. The monoisotopic (exact) mass is 237 g/mol. The lowest BCUT2D eigenvalue weighted by Gasteiger charge is -2.60. The van der Waals surface area contributed by atoms with Gasteiger partial charge in [-0.25, -0.2) is 0 Å². The van der Waals surface area contributed by atoms with Gasteiger partial charge in [-0.3, -0.25) is 0 Å². The highest BCUT2D eigenvalue weighted by molar-refractivity contribution is 5.13. The van der Waals surface area contributed by atoms with Gasteiger partial charge in [0.25, 0.3) is 0 Å². The van der Waals surface area contributed by atoms with Gasteiger partial charge >= 0.3 is 0 Å². The molecule has 0 spiro atoms. The van der Waals surface area contributed by atoms with Crippen molar-refractivity contribution in [3.63, 3.8) is 0 Å². The highest BCUT2D eigenvalue weighted by Crippen LogP contribution is 2.49. The number of hydrogen-bond donors (Lipinski definition) is 1. The van der Waals surface area contributed by atoms with Crippen molar-refractivity contribution in [2.24, 2.45) is 22.5 Å². The van der Waals surface area contributed by atoms with Crippen LogP contribution in [0.5, 0.6) is 0 Å². The number of rotatable bonds is 2. The lowest BCUT2D eigenvalue weighted by Crippen LogP contribution is -2.71. The molecule has 0 aromatic heterocycles. The molecule has 3 heteroatoms. The zero-order chi connectivity index (χ0) is 12.3. The summed E-state index contributed by atoms with van der Waals surface area (Å²) in [5, 5.41) is 0. The van der Waals surface area contributed by atoms with Crippen LogP contribution in [0.2, 0.25) is 0 Å². The molecule has 0 aliphatic carbocycles. The molecule has 4 aliphatic rings. The second-order valence-corrected chi connectivity index (χ2v) is 7.51. The van der Waals surface area contributed by atoms with Gasteiger partial charge in [-0.05, 0) is 12.3 Å². The first-order valence-electron chi connectivity index (χ1n) is 7.14.